The van der Waals surface area contributed by atoms with Crippen LogP contribution in [0.4, 0.5) is 0 Å². The van der Waals surface area contributed by atoms with Gasteiger partial charge in [0.1, 0.15) is 0 Å². The van der Waals surface area contributed by atoms with Crippen LogP contribution in [0.3, 0.4) is 0 Å². The maximum Gasteiger partial charge on any atom is 0.226 e. The van der Waals surface area contributed by atoms with Crippen LogP contribution >= 0.6 is 0 Å². The van der Waals surface area contributed by atoms with Gasteiger partial charge in [0.2, 0.25) is 5.91 Å². The lowest BCUT2D eigenvalue weighted by atomic mass is 10.1. The summed E-state index contributed by atoms with van der Waals surface area (Å²) in [4.78, 5) is 14.3. The second-order valence-electron chi connectivity index (χ2n) is 5.43. The summed E-state index contributed by atoms with van der Waals surface area (Å²) in [5.74, 6) is 2.52. The third-order valence-electron chi connectivity index (χ3n) is 4.17. The SMILES string of the molecule is C[C@@H]1CNCCN1C(=O)C1CC1C1CC1. The van der Waals surface area contributed by atoms with Gasteiger partial charge in [0.25, 0.3) is 0 Å². The molecular weight excluding hydrogens is 188 g/mol. The number of amides is 1. The molecule has 0 aromatic rings. The van der Waals surface area contributed by atoms with Gasteiger partial charge in [-0.3, -0.25) is 4.79 Å². The zero-order chi connectivity index (χ0) is 10.4. The smallest absolute Gasteiger partial charge is 0.226 e. The Bertz CT molecular complexity index is 275. The second-order valence-corrected chi connectivity index (χ2v) is 5.43. The van der Waals surface area contributed by atoms with E-state index in [2.05, 4.69) is 17.1 Å². The molecule has 3 atom stereocenters. The fourth-order valence-electron chi connectivity index (χ4n) is 2.93. The number of hydrogen-bond acceptors (Lipinski definition) is 2. The molecule has 1 N–H and O–H groups in total. The van der Waals surface area contributed by atoms with Gasteiger partial charge in [-0.2, -0.15) is 0 Å². The molecule has 3 nitrogen and oxygen atoms in total. The van der Waals surface area contributed by atoms with Crippen LogP contribution in [-0.2, 0) is 4.79 Å². The Hall–Kier alpha value is -0.570. The van der Waals surface area contributed by atoms with Crippen LogP contribution in [-0.4, -0.2) is 36.5 Å². The van der Waals surface area contributed by atoms with Crippen molar-refractivity contribution >= 4 is 5.91 Å². The monoisotopic (exact) mass is 208 g/mol. The Morgan fingerprint density at radius 1 is 1.40 bits per heavy atom. The number of carbonyl (C=O) groups excluding carboxylic acids is 1. The Morgan fingerprint density at radius 2 is 2.20 bits per heavy atom. The topological polar surface area (TPSA) is 32.3 Å². The van der Waals surface area contributed by atoms with Crippen molar-refractivity contribution in [3.05, 3.63) is 0 Å². The molecule has 2 aliphatic carbocycles. The zero-order valence-electron chi connectivity index (χ0n) is 9.41. The molecule has 0 radical (unpaired) electrons. The zero-order valence-corrected chi connectivity index (χ0v) is 9.41. The molecule has 0 aromatic carbocycles. The molecule has 0 spiro atoms. The Labute approximate surface area is 91.2 Å². The van der Waals surface area contributed by atoms with Crippen LogP contribution in [0.2, 0.25) is 0 Å². The predicted molar refractivity (Wildman–Crippen MR) is 58.4 cm³/mol. The van der Waals surface area contributed by atoms with E-state index in [-0.39, 0.29) is 0 Å². The molecule has 3 heteroatoms. The average molecular weight is 208 g/mol. The van der Waals surface area contributed by atoms with Gasteiger partial charge in [0.05, 0.1) is 0 Å². The van der Waals surface area contributed by atoms with Crippen molar-refractivity contribution in [1.82, 2.24) is 10.2 Å². The summed E-state index contributed by atoms with van der Waals surface area (Å²) in [6.45, 7) is 5.00. The summed E-state index contributed by atoms with van der Waals surface area (Å²) in [5, 5.41) is 3.33. The highest BCUT2D eigenvalue weighted by Gasteiger charge is 2.52. The molecule has 2 saturated carbocycles. The van der Waals surface area contributed by atoms with Gasteiger partial charge in [-0.05, 0) is 38.0 Å². The predicted octanol–water partition coefficient (Wildman–Crippen LogP) is 0.853. The summed E-state index contributed by atoms with van der Waals surface area (Å²) in [7, 11) is 0. The van der Waals surface area contributed by atoms with Crippen molar-refractivity contribution in [3.8, 4) is 0 Å². The minimum absolute atomic E-state index is 0.395. The van der Waals surface area contributed by atoms with Gasteiger partial charge in [-0.15, -0.1) is 0 Å². The van der Waals surface area contributed by atoms with Gasteiger partial charge in [-0.1, -0.05) is 0 Å². The molecule has 84 valence electrons. The van der Waals surface area contributed by atoms with Crippen molar-refractivity contribution in [2.24, 2.45) is 17.8 Å². The van der Waals surface area contributed by atoms with Gasteiger partial charge in [-0.25, -0.2) is 0 Å². The first kappa shape index (κ1) is 9.64. The second kappa shape index (κ2) is 3.48. The molecule has 1 heterocycles. The van der Waals surface area contributed by atoms with Crippen LogP contribution in [0.1, 0.15) is 26.2 Å². The van der Waals surface area contributed by atoms with Crippen molar-refractivity contribution < 1.29 is 4.79 Å². The van der Waals surface area contributed by atoms with E-state index in [1.54, 1.807) is 0 Å². The molecular formula is C12H20N2O. The Kier molecular flexibility index (Phi) is 2.23. The highest BCUT2D eigenvalue weighted by Crippen LogP contribution is 2.55. The van der Waals surface area contributed by atoms with Crippen LogP contribution in [0.5, 0.6) is 0 Å². The first-order valence-corrected chi connectivity index (χ1v) is 6.28. The average Bonchev–Trinajstić information content (AvgIpc) is 3.08. The van der Waals surface area contributed by atoms with E-state index < -0.39 is 0 Å². The van der Waals surface area contributed by atoms with E-state index in [1.807, 2.05) is 0 Å². The molecule has 0 bridgehead atoms. The molecule has 3 rings (SSSR count). The maximum absolute atomic E-state index is 12.2. The van der Waals surface area contributed by atoms with Crippen LogP contribution in [0, 0.1) is 17.8 Å². The Balaban J connectivity index is 1.59. The van der Waals surface area contributed by atoms with E-state index >= 15 is 0 Å². The van der Waals surface area contributed by atoms with E-state index in [1.165, 1.54) is 19.3 Å². The molecule has 3 fully saturated rings. The molecule has 1 saturated heterocycles. The third-order valence-corrected chi connectivity index (χ3v) is 4.17. The van der Waals surface area contributed by atoms with Crippen LogP contribution in [0.25, 0.3) is 0 Å². The standard InChI is InChI=1S/C12H20N2O/c1-8-7-13-4-5-14(8)12(15)11-6-10(11)9-2-3-9/h8-11,13H,2-7H2,1H3/t8-,10?,11?/m1/s1. The molecule has 3 aliphatic rings. The number of carbonyl (C=O) groups is 1. The van der Waals surface area contributed by atoms with Crippen molar-refractivity contribution in [2.45, 2.75) is 32.2 Å². The lowest BCUT2D eigenvalue weighted by molar-refractivity contribution is -0.135. The van der Waals surface area contributed by atoms with Crippen LogP contribution < -0.4 is 5.32 Å². The maximum atomic E-state index is 12.2. The lowest BCUT2D eigenvalue weighted by Crippen LogP contribution is -2.52. The molecule has 1 amide bonds. The summed E-state index contributed by atoms with van der Waals surface area (Å²) in [5.41, 5.74) is 0. The summed E-state index contributed by atoms with van der Waals surface area (Å²) in [6, 6.07) is 0.395. The van der Waals surface area contributed by atoms with E-state index in [4.69, 9.17) is 0 Å². The fraction of sp³-hybridized carbons (Fsp3) is 0.917. The third kappa shape index (κ3) is 1.78. The van der Waals surface area contributed by atoms with Crippen LogP contribution in [0.15, 0.2) is 0 Å². The van der Waals surface area contributed by atoms with E-state index in [0.717, 1.165) is 31.5 Å². The highest BCUT2D eigenvalue weighted by molar-refractivity contribution is 5.82. The number of piperazine rings is 1. The number of hydrogen-bond donors (Lipinski definition) is 1. The largest absolute Gasteiger partial charge is 0.337 e. The van der Waals surface area contributed by atoms with Crippen molar-refractivity contribution in [1.29, 1.82) is 0 Å². The summed E-state index contributed by atoms with van der Waals surface area (Å²) < 4.78 is 0. The number of rotatable bonds is 2. The molecule has 15 heavy (non-hydrogen) atoms. The summed E-state index contributed by atoms with van der Waals surface area (Å²) >= 11 is 0. The van der Waals surface area contributed by atoms with Gasteiger partial charge < -0.3 is 10.2 Å². The minimum Gasteiger partial charge on any atom is -0.337 e. The highest BCUT2D eigenvalue weighted by atomic mass is 16.2. The summed E-state index contributed by atoms with van der Waals surface area (Å²) in [6.07, 6.45) is 3.94. The van der Waals surface area contributed by atoms with Gasteiger partial charge >= 0.3 is 0 Å². The first-order valence-electron chi connectivity index (χ1n) is 6.28. The van der Waals surface area contributed by atoms with Crippen molar-refractivity contribution in [3.63, 3.8) is 0 Å². The fourth-order valence-corrected chi connectivity index (χ4v) is 2.93. The molecule has 0 aromatic heterocycles. The molecule has 2 unspecified atom stereocenters. The minimum atomic E-state index is 0.395. The van der Waals surface area contributed by atoms with E-state index in [0.29, 0.717) is 17.9 Å². The van der Waals surface area contributed by atoms with Gasteiger partial charge in [0.15, 0.2) is 0 Å². The quantitative estimate of drug-likeness (QED) is 0.730. The lowest BCUT2D eigenvalue weighted by Gasteiger charge is -2.34. The van der Waals surface area contributed by atoms with Gasteiger partial charge in [0, 0.05) is 31.6 Å². The normalized spacial score (nSPS) is 40.3. The number of nitrogens with one attached hydrogen (secondary N) is 1. The van der Waals surface area contributed by atoms with E-state index in [9.17, 15) is 4.79 Å². The van der Waals surface area contributed by atoms with Crippen molar-refractivity contribution in [2.75, 3.05) is 19.6 Å². The molecule has 1 aliphatic heterocycles. The number of nitrogens with zero attached hydrogens (tertiary/aromatic N) is 1. The Morgan fingerprint density at radius 3 is 2.87 bits per heavy atom. The first-order chi connectivity index (χ1) is 7.27.